The summed E-state index contributed by atoms with van der Waals surface area (Å²) in [6.45, 7) is 14.7. The van der Waals surface area contributed by atoms with E-state index in [2.05, 4.69) is 57.2 Å². The normalized spacial score (nSPS) is 47.7. The number of ether oxygens (including phenoxy) is 4. The minimum Gasteiger partial charge on any atom is -0.462 e. The van der Waals surface area contributed by atoms with Gasteiger partial charge in [0.2, 0.25) is 0 Å². The van der Waals surface area contributed by atoms with Gasteiger partial charge in [0.1, 0.15) is 17.8 Å². The molecule has 4 heterocycles. The Hall–Kier alpha value is -2.04. The maximum atomic E-state index is 14.2. The zero-order valence-corrected chi connectivity index (χ0v) is 28.1. The van der Waals surface area contributed by atoms with Crippen molar-refractivity contribution in [1.29, 1.82) is 0 Å². The standard InChI is InChI=1S/C36H55NO8/c1-20(2)13-24(6)32-25(7)30(37-41)18-35(45-32)17-28-16-27(44-35)12-11-22(4)14-21(3)9-8-10-26-19-42-33-31(38)23(5)15-29(34(39)43-28)36(26,33)40/h8-9,11,13,20-21,23,25-29,31-33,38,40-41H,10,12,14-19H2,1-7H3/b9-8+,22-11+,24-13+,37-30+/t21-,23?,25-,26?,27+,28-,29-,31+,32+,33+,35-,36+/m0/s1. The van der Waals surface area contributed by atoms with Gasteiger partial charge in [-0.15, -0.1) is 0 Å². The largest absolute Gasteiger partial charge is 0.462 e. The van der Waals surface area contributed by atoms with E-state index in [4.69, 9.17) is 18.9 Å². The van der Waals surface area contributed by atoms with Gasteiger partial charge in [0.25, 0.3) is 0 Å². The van der Waals surface area contributed by atoms with E-state index in [1.807, 2.05) is 20.8 Å². The summed E-state index contributed by atoms with van der Waals surface area (Å²) < 4.78 is 26.0. The minimum atomic E-state index is -1.54. The van der Waals surface area contributed by atoms with E-state index in [9.17, 15) is 20.2 Å². The Morgan fingerprint density at radius 2 is 1.89 bits per heavy atom. The molecule has 0 aromatic rings. The fraction of sp³-hybridized carbons (Fsp3) is 0.778. The van der Waals surface area contributed by atoms with Crippen LogP contribution in [0.1, 0.15) is 93.4 Å². The maximum Gasteiger partial charge on any atom is 0.312 e. The molecule has 5 aliphatic rings. The van der Waals surface area contributed by atoms with Gasteiger partial charge in [-0.1, -0.05) is 69.7 Å². The minimum absolute atomic E-state index is 0.150. The summed E-state index contributed by atoms with van der Waals surface area (Å²) in [5.74, 6) is -2.58. The summed E-state index contributed by atoms with van der Waals surface area (Å²) in [4.78, 5) is 14.2. The van der Waals surface area contributed by atoms with E-state index in [0.29, 0.717) is 37.3 Å². The average Bonchev–Trinajstić information content (AvgIpc) is 3.30. The lowest BCUT2D eigenvalue weighted by Gasteiger charge is -2.50. The first-order chi connectivity index (χ1) is 21.3. The van der Waals surface area contributed by atoms with Crippen LogP contribution in [-0.2, 0) is 23.7 Å². The fourth-order valence-corrected chi connectivity index (χ4v) is 8.60. The molecule has 1 saturated carbocycles. The molecular formula is C36H55NO8. The van der Waals surface area contributed by atoms with Crippen molar-refractivity contribution in [2.45, 2.75) is 135 Å². The first-order valence-corrected chi connectivity index (χ1v) is 17.1. The molecule has 0 amide bonds. The van der Waals surface area contributed by atoms with Gasteiger partial charge in [0.05, 0.1) is 36.5 Å². The molecule has 4 aliphatic heterocycles. The fourth-order valence-electron chi connectivity index (χ4n) is 8.60. The number of nitrogens with zero attached hydrogens (tertiary/aromatic N) is 1. The smallest absolute Gasteiger partial charge is 0.312 e. The SMILES string of the molecule is C/C1=C\C[C@@H]2C[C@@H](C[C@]3(C/C(=N\O)[C@H](C)[C@@H](/C(C)=C/C(C)C)O3)O2)OC(=O)[C@@H]2CC(C)[C@@H](O)[C@H]3OCC(C/C=C/[C@H](C)C1)[C@]32O. The van der Waals surface area contributed by atoms with Gasteiger partial charge in [-0.25, -0.2) is 0 Å². The van der Waals surface area contributed by atoms with E-state index in [-0.39, 0.29) is 55.3 Å². The van der Waals surface area contributed by atoms with Gasteiger partial charge in [0, 0.05) is 31.1 Å². The van der Waals surface area contributed by atoms with Crippen LogP contribution in [0.5, 0.6) is 0 Å². The highest BCUT2D eigenvalue weighted by Crippen LogP contribution is 2.50. The first-order valence-electron chi connectivity index (χ1n) is 17.1. The van der Waals surface area contributed by atoms with Crippen molar-refractivity contribution in [1.82, 2.24) is 0 Å². The molecule has 2 unspecified atom stereocenters. The summed E-state index contributed by atoms with van der Waals surface area (Å²) in [6, 6.07) is 0. The number of esters is 1. The van der Waals surface area contributed by atoms with Crippen LogP contribution >= 0.6 is 0 Å². The highest BCUT2D eigenvalue weighted by Gasteiger charge is 2.64. The molecule has 3 saturated heterocycles. The summed E-state index contributed by atoms with van der Waals surface area (Å²) in [6.07, 6.45) is 9.11. The van der Waals surface area contributed by atoms with E-state index >= 15 is 0 Å². The Bertz CT molecular complexity index is 1210. The lowest BCUT2D eigenvalue weighted by Crippen LogP contribution is -2.63. The third-order valence-electron chi connectivity index (χ3n) is 10.9. The second-order valence-corrected chi connectivity index (χ2v) is 15.1. The molecule has 12 atom stereocenters. The van der Waals surface area contributed by atoms with Crippen molar-refractivity contribution < 1.29 is 39.2 Å². The van der Waals surface area contributed by atoms with Crippen LogP contribution in [0.4, 0.5) is 0 Å². The predicted molar refractivity (Wildman–Crippen MR) is 171 cm³/mol. The lowest BCUT2D eigenvalue weighted by atomic mass is 9.63. The van der Waals surface area contributed by atoms with Crippen molar-refractivity contribution in [3.63, 3.8) is 0 Å². The van der Waals surface area contributed by atoms with Gasteiger partial charge >= 0.3 is 5.97 Å². The lowest BCUT2D eigenvalue weighted by molar-refractivity contribution is -0.313. The molecule has 5 rings (SSSR count). The summed E-state index contributed by atoms with van der Waals surface area (Å²) in [5, 5.41) is 37.1. The van der Waals surface area contributed by atoms with Crippen molar-refractivity contribution >= 4 is 11.7 Å². The molecule has 0 aromatic heterocycles. The number of fused-ring (bicyclic) bond motifs is 2. The number of hydrogen-bond acceptors (Lipinski definition) is 9. The number of carbonyl (C=O) groups excluding carboxylic acids is 1. The monoisotopic (exact) mass is 629 g/mol. The number of hydrogen-bond donors (Lipinski definition) is 3. The number of allylic oxidation sites excluding steroid dienone is 4. The van der Waals surface area contributed by atoms with Crippen molar-refractivity contribution in [2.75, 3.05) is 6.61 Å². The molecule has 2 bridgehead atoms. The third-order valence-corrected chi connectivity index (χ3v) is 10.9. The maximum absolute atomic E-state index is 14.2. The van der Waals surface area contributed by atoms with Crippen LogP contribution in [-0.4, -0.2) is 75.6 Å². The molecule has 3 N–H and O–H groups in total. The molecule has 9 heteroatoms. The molecule has 9 nitrogen and oxygen atoms in total. The van der Waals surface area contributed by atoms with E-state index in [1.54, 1.807) is 0 Å². The van der Waals surface area contributed by atoms with Crippen molar-refractivity contribution in [3.8, 4) is 0 Å². The summed E-state index contributed by atoms with van der Waals surface area (Å²) >= 11 is 0. The topological polar surface area (TPSA) is 127 Å². The Labute approximate surface area is 268 Å². The molecule has 1 spiro atoms. The Kier molecular flexibility index (Phi) is 10.4. The molecule has 0 radical (unpaired) electrons. The molecule has 1 aliphatic carbocycles. The van der Waals surface area contributed by atoms with Crippen LogP contribution in [0.15, 0.2) is 40.6 Å². The van der Waals surface area contributed by atoms with Gasteiger partial charge in [-0.2, -0.15) is 0 Å². The average molecular weight is 630 g/mol. The Morgan fingerprint density at radius 1 is 1.13 bits per heavy atom. The summed E-state index contributed by atoms with van der Waals surface area (Å²) in [5.41, 5.74) is 1.34. The third kappa shape index (κ3) is 6.98. The van der Waals surface area contributed by atoms with Crippen molar-refractivity contribution in [2.24, 2.45) is 40.7 Å². The zero-order chi connectivity index (χ0) is 32.7. The highest BCUT2D eigenvalue weighted by atomic mass is 16.7. The van der Waals surface area contributed by atoms with Crippen LogP contribution in [0.2, 0.25) is 0 Å². The second kappa shape index (κ2) is 13.6. The predicted octanol–water partition coefficient (Wildman–Crippen LogP) is 5.72. The van der Waals surface area contributed by atoms with E-state index < -0.39 is 41.6 Å². The molecule has 252 valence electrons. The van der Waals surface area contributed by atoms with Crippen LogP contribution in [0.25, 0.3) is 0 Å². The van der Waals surface area contributed by atoms with Crippen molar-refractivity contribution in [3.05, 3.63) is 35.5 Å². The van der Waals surface area contributed by atoms with Crippen LogP contribution in [0.3, 0.4) is 0 Å². The van der Waals surface area contributed by atoms with E-state index in [1.165, 1.54) is 5.57 Å². The molecular weight excluding hydrogens is 574 g/mol. The Balaban J connectivity index is 1.51. The molecule has 45 heavy (non-hydrogen) atoms. The van der Waals surface area contributed by atoms with Gasteiger partial charge in [0.15, 0.2) is 5.79 Å². The van der Waals surface area contributed by atoms with Gasteiger partial charge in [-0.3, -0.25) is 4.79 Å². The van der Waals surface area contributed by atoms with Gasteiger partial charge in [-0.05, 0) is 62.9 Å². The number of rotatable bonds is 2. The van der Waals surface area contributed by atoms with Crippen LogP contribution < -0.4 is 0 Å². The number of carbonyl (C=O) groups is 1. The highest BCUT2D eigenvalue weighted by molar-refractivity contribution is 5.88. The molecule has 0 aromatic carbocycles. The van der Waals surface area contributed by atoms with Crippen LogP contribution in [0, 0.1) is 35.5 Å². The number of aliphatic hydroxyl groups is 2. The first kappa shape index (κ1) is 34.3. The zero-order valence-electron chi connectivity index (χ0n) is 28.1. The quantitative estimate of drug-likeness (QED) is 0.153. The molecule has 4 fully saturated rings. The second-order valence-electron chi connectivity index (χ2n) is 15.1. The van der Waals surface area contributed by atoms with Gasteiger partial charge < -0.3 is 34.4 Å². The Morgan fingerprint density at radius 3 is 2.60 bits per heavy atom. The number of aliphatic hydroxyl groups excluding tert-OH is 1. The van der Waals surface area contributed by atoms with E-state index in [0.717, 1.165) is 12.0 Å². The number of oxime groups is 1. The summed E-state index contributed by atoms with van der Waals surface area (Å²) in [7, 11) is 0.